The van der Waals surface area contributed by atoms with E-state index in [1.165, 1.54) is 24.2 Å². The number of carbonyl (C=O) groups excluding carboxylic acids is 1. The summed E-state index contributed by atoms with van der Waals surface area (Å²) >= 11 is 0. The maximum absolute atomic E-state index is 11.2. The normalized spacial score (nSPS) is 19.3. The summed E-state index contributed by atoms with van der Waals surface area (Å²) in [6, 6.07) is -0.429. The Morgan fingerprint density at radius 3 is 2.41 bits per heavy atom. The highest BCUT2D eigenvalue weighted by Gasteiger charge is 2.20. The predicted octanol–water partition coefficient (Wildman–Crippen LogP) is 0.622. The van der Waals surface area contributed by atoms with Gasteiger partial charge in [0.1, 0.15) is 0 Å². The van der Waals surface area contributed by atoms with Crippen LogP contribution >= 0.6 is 0 Å². The number of carbonyl (C=O) groups is 1. The number of aliphatic hydroxyl groups is 1. The van der Waals surface area contributed by atoms with Gasteiger partial charge in [0, 0.05) is 19.1 Å². The fraction of sp³-hybridized carbons (Fsp3) is 0.917. The van der Waals surface area contributed by atoms with Crippen LogP contribution in [0.2, 0.25) is 0 Å². The zero-order chi connectivity index (χ0) is 12.8. The third kappa shape index (κ3) is 4.91. The summed E-state index contributed by atoms with van der Waals surface area (Å²) in [6.45, 7) is 6.86. The van der Waals surface area contributed by atoms with Crippen molar-refractivity contribution in [1.29, 1.82) is 0 Å². The van der Waals surface area contributed by atoms with E-state index in [1.807, 2.05) is 13.8 Å². The van der Waals surface area contributed by atoms with E-state index in [1.54, 1.807) is 0 Å². The molecule has 1 fully saturated rings. The lowest BCUT2D eigenvalue weighted by Crippen LogP contribution is -2.48. The number of hydrogen-bond acceptors (Lipinski definition) is 3. The molecule has 3 N–H and O–H groups in total. The smallest absolute Gasteiger partial charge is 0.315 e. The van der Waals surface area contributed by atoms with Crippen molar-refractivity contribution in [2.45, 2.75) is 45.3 Å². The largest absolute Gasteiger partial charge is 0.390 e. The molecule has 1 rings (SSSR count). The molecule has 0 bridgehead atoms. The van der Waals surface area contributed by atoms with Gasteiger partial charge in [0.15, 0.2) is 0 Å². The molecule has 5 nitrogen and oxygen atoms in total. The number of hydrogen-bond donors (Lipinski definition) is 2. The fourth-order valence-corrected chi connectivity index (χ4v) is 2.28. The summed E-state index contributed by atoms with van der Waals surface area (Å²) in [5.74, 6) is 0. The highest BCUT2D eigenvalue weighted by Crippen LogP contribution is 2.09. The lowest BCUT2D eigenvalue weighted by Gasteiger charge is -2.32. The van der Waals surface area contributed by atoms with Crippen LogP contribution in [0.1, 0.15) is 33.1 Å². The summed E-state index contributed by atoms with van der Waals surface area (Å²) < 4.78 is 0. The molecule has 100 valence electrons. The number of piperidine rings is 1. The number of rotatable bonds is 5. The SMILES string of the molecule is CC(C)N(CC(O)CN1CCCCC1)C(N)=O. The minimum atomic E-state index is -0.511. The summed E-state index contributed by atoms with van der Waals surface area (Å²) in [7, 11) is 0. The van der Waals surface area contributed by atoms with Gasteiger partial charge in [-0.05, 0) is 39.8 Å². The number of nitrogens with zero attached hydrogens (tertiary/aromatic N) is 2. The molecule has 1 aliphatic heterocycles. The molecular formula is C12H25N3O2. The van der Waals surface area contributed by atoms with E-state index in [-0.39, 0.29) is 6.04 Å². The van der Waals surface area contributed by atoms with Crippen LogP contribution in [0.4, 0.5) is 4.79 Å². The third-order valence-corrected chi connectivity index (χ3v) is 3.23. The number of urea groups is 1. The fourth-order valence-electron chi connectivity index (χ4n) is 2.28. The summed E-state index contributed by atoms with van der Waals surface area (Å²) in [5, 5.41) is 9.98. The average molecular weight is 243 g/mol. The lowest BCUT2D eigenvalue weighted by molar-refractivity contribution is 0.0693. The first-order valence-electron chi connectivity index (χ1n) is 6.47. The molecule has 1 heterocycles. The van der Waals surface area contributed by atoms with Gasteiger partial charge in [-0.25, -0.2) is 4.79 Å². The number of aliphatic hydroxyl groups excluding tert-OH is 1. The third-order valence-electron chi connectivity index (χ3n) is 3.23. The number of nitrogens with two attached hydrogens (primary N) is 1. The quantitative estimate of drug-likeness (QED) is 0.744. The van der Waals surface area contributed by atoms with Crippen LogP contribution < -0.4 is 5.73 Å². The monoisotopic (exact) mass is 243 g/mol. The number of primary amides is 1. The first-order chi connectivity index (χ1) is 8.00. The van der Waals surface area contributed by atoms with E-state index in [4.69, 9.17) is 5.73 Å². The van der Waals surface area contributed by atoms with Crippen LogP contribution in [-0.4, -0.2) is 59.3 Å². The van der Waals surface area contributed by atoms with Crippen LogP contribution in [0.15, 0.2) is 0 Å². The van der Waals surface area contributed by atoms with Crippen LogP contribution in [0.3, 0.4) is 0 Å². The van der Waals surface area contributed by atoms with Crippen molar-refractivity contribution in [3.05, 3.63) is 0 Å². The second-order valence-electron chi connectivity index (χ2n) is 5.10. The molecule has 0 aliphatic carbocycles. The topological polar surface area (TPSA) is 69.8 Å². The van der Waals surface area contributed by atoms with Gasteiger partial charge in [0.05, 0.1) is 6.10 Å². The number of amides is 2. The second-order valence-corrected chi connectivity index (χ2v) is 5.10. The Morgan fingerprint density at radius 2 is 1.94 bits per heavy atom. The number of β-amino-alcohol motifs (C(OH)–C–C–N with tert-alkyl or cyclic N) is 1. The molecule has 0 aromatic carbocycles. The van der Waals surface area contributed by atoms with E-state index >= 15 is 0 Å². The Hall–Kier alpha value is -0.810. The maximum Gasteiger partial charge on any atom is 0.315 e. The van der Waals surface area contributed by atoms with Crippen LogP contribution in [0.25, 0.3) is 0 Å². The second kappa shape index (κ2) is 6.81. The minimum absolute atomic E-state index is 0.0310. The zero-order valence-corrected chi connectivity index (χ0v) is 10.9. The van der Waals surface area contributed by atoms with Gasteiger partial charge in [0.25, 0.3) is 0 Å². The van der Waals surface area contributed by atoms with Crippen LogP contribution in [-0.2, 0) is 0 Å². The first kappa shape index (κ1) is 14.3. The predicted molar refractivity (Wildman–Crippen MR) is 67.7 cm³/mol. The lowest BCUT2D eigenvalue weighted by atomic mass is 10.1. The Kier molecular flexibility index (Phi) is 5.71. The Morgan fingerprint density at radius 1 is 1.35 bits per heavy atom. The molecule has 0 spiro atoms. The van der Waals surface area contributed by atoms with Gasteiger partial charge >= 0.3 is 6.03 Å². The van der Waals surface area contributed by atoms with Crippen LogP contribution in [0, 0.1) is 0 Å². The highest BCUT2D eigenvalue weighted by molar-refractivity contribution is 5.72. The summed E-state index contributed by atoms with van der Waals surface area (Å²) in [4.78, 5) is 15.0. The van der Waals surface area contributed by atoms with Crippen molar-refractivity contribution in [3.63, 3.8) is 0 Å². The van der Waals surface area contributed by atoms with E-state index in [0.29, 0.717) is 13.1 Å². The minimum Gasteiger partial charge on any atom is -0.390 e. The number of likely N-dealkylation sites (tertiary alicyclic amines) is 1. The molecule has 0 aromatic rings. The highest BCUT2D eigenvalue weighted by atomic mass is 16.3. The summed E-state index contributed by atoms with van der Waals surface area (Å²) in [5.41, 5.74) is 5.28. The Bertz CT molecular complexity index is 240. The maximum atomic E-state index is 11.2. The van der Waals surface area contributed by atoms with E-state index in [9.17, 15) is 9.90 Å². The molecule has 1 saturated heterocycles. The van der Waals surface area contributed by atoms with Crippen molar-refractivity contribution in [2.75, 3.05) is 26.2 Å². The molecule has 1 atom stereocenters. The van der Waals surface area contributed by atoms with Gasteiger partial charge in [-0.2, -0.15) is 0 Å². The molecule has 0 aromatic heterocycles. The Balaban J connectivity index is 2.35. The average Bonchev–Trinajstić information content (AvgIpc) is 2.26. The zero-order valence-electron chi connectivity index (χ0n) is 10.9. The molecule has 0 saturated carbocycles. The molecule has 1 unspecified atom stereocenters. The van der Waals surface area contributed by atoms with Gasteiger partial charge in [0.2, 0.25) is 0 Å². The van der Waals surface area contributed by atoms with Gasteiger partial charge < -0.3 is 20.6 Å². The van der Waals surface area contributed by atoms with Gasteiger partial charge in [-0.3, -0.25) is 0 Å². The van der Waals surface area contributed by atoms with Gasteiger partial charge in [-0.1, -0.05) is 6.42 Å². The van der Waals surface area contributed by atoms with Crippen molar-refractivity contribution >= 4 is 6.03 Å². The Labute approximate surface area is 104 Å². The summed E-state index contributed by atoms with van der Waals surface area (Å²) in [6.07, 6.45) is 3.18. The molecular weight excluding hydrogens is 218 g/mol. The van der Waals surface area contributed by atoms with E-state index in [2.05, 4.69) is 4.90 Å². The first-order valence-corrected chi connectivity index (χ1v) is 6.47. The van der Waals surface area contributed by atoms with Crippen molar-refractivity contribution < 1.29 is 9.90 Å². The van der Waals surface area contributed by atoms with Crippen molar-refractivity contribution in [2.24, 2.45) is 5.73 Å². The molecule has 5 heteroatoms. The molecule has 1 aliphatic rings. The van der Waals surface area contributed by atoms with E-state index < -0.39 is 12.1 Å². The molecule has 17 heavy (non-hydrogen) atoms. The standard InChI is InChI=1S/C12H25N3O2/c1-10(2)15(12(13)17)9-11(16)8-14-6-4-3-5-7-14/h10-11,16H,3-9H2,1-2H3,(H2,13,17). The molecule has 2 amide bonds. The van der Waals surface area contributed by atoms with Crippen molar-refractivity contribution in [3.8, 4) is 0 Å². The van der Waals surface area contributed by atoms with Crippen molar-refractivity contribution in [1.82, 2.24) is 9.80 Å². The molecule has 0 radical (unpaired) electrons. The van der Waals surface area contributed by atoms with E-state index in [0.717, 1.165) is 13.1 Å². The van der Waals surface area contributed by atoms with Crippen LogP contribution in [0.5, 0.6) is 0 Å². The van der Waals surface area contributed by atoms with Gasteiger partial charge in [-0.15, -0.1) is 0 Å².